The molecule has 0 saturated carbocycles. The molecule has 0 radical (unpaired) electrons. The molecule has 0 aromatic carbocycles. The van der Waals surface area contributed by atoms with Crippen LogP contribution in [-0.4, -0.2) is 16.5 Å². The minimum atomic E-state index is 0.246. The van der Waals surface area contributed by atoms with Gasteiger partial charge in [-0.25, -0.2) is 9.97 Å². The second-order valence-corrected chi connectivity index (χ2v) is 4.59. The summed E-state index contributed by atoms with van der Waals surface area (Å²) >= 11 is 0. The third kappa shape index (κ3) is 3.59. The van der Waals surface area contributed by atoms with Crippen LogP contribution in [0.15, 0.2) is 6.07 Å². The maximum Gasteiger partial charge on any atom is 0.132 e. The molecule has 2 N–H and O–H groups in total. The van der Waals surface area contributed by atoms with Crippen molar-refractivity contribution in [2.75, 3.05) is 6.54 Å². The molecule has 1 unspecified atom stereocenters. The number of hydrogen-bond donors (Lipinski definition) is 1. The molecule has 3 nitrogen and oxygen atoms in total. The molecule has 15 heavy (non-hydrogen) atoms. The summed E-state index contributed by atoms with van der Waals surface area (Å²) in [5.74, 6) is 1.75. The number of hydrogen-bond acceptors (Lipinski definition) is 3. The van der Waals surface area contributed by atoms with E-state index in [9.17, 15) is 0 Å². The molecular formula is C12H21N3. The van der Waals surface area contributed by atoms with Gasteiger partial charge in [0.05, 0.1) is 0 Å². The minimum absolute atomic E-state index is 0.246. The third-order valence-electron chi connectivity index (χ3n) is 2.34. The molecule has 84 valence electrons. The lowest BCUT2D eigenvalue weighted by molar-refractivity contribution is 0.619. The van der Waals surface area contributed by atoms with Crippen LogP contribution in [0.3, 0.4) is 0 Å². The van der Waals surface area contributed by atoms with E-state index in [1.165, 1.54) is 0 Å². The van der Waals surface area contributed by atoms with Crippen LogP contribution in [0, 0.1) is 12.8 Å². The molecule has 0 aliphatic carbocycles. The van der Waals surface area contributed by atoms with Crippen molar-refractivity contribution in [3.63, 3.8) is 0 Å². The Morgan fingerprint density at radius 2 is 1.93 bits per heavy atom. The van der Waals surface area contributed by atoms with E-state index in [-0.39, 0.29) is 5.92 Å². The average molecular weight is 207 g/mol. The molecule has 0 spiro atoms. The Hall–Kier alpha value is -0.960. The van der Waals surface area contributed by atoms with Crippen molar-refractivity contribution in [2.45, 2.75) is 40.0 Å². The van der Waals surface area contributed by atoms with Crippen LogP contribution < -0.4 is 5.73 Å². The number of aromatic nitrogens is 2. The van der Waals surface area contributed by atoms with Crippen molar-refractivity contribution >= 4 is 0 Å². The third-order valence-corrected chi connectivity index (χ3v) is 2.34. The van der Waals surface area contributed by atoms with Gasteiger partial charge in [0, 0.05) is 23.9 Å². The Kier molecular flexibility index (Phi) is 4.21. The van der Waals surface area contributed by atoms with E-state index in [2.05, 4.69) is 36.8 Å². The smallest absolute Gasteiger partial charge is 0.132 e. The van der Waals surface area contributed by atoms with E-state index in [0.29, 0.717) is 12.5 Å². The standard InChI is InChI=1S/C12H21N3/c1-8(2)5-11-6-10(4)14-12(15-11)9(3)7-13/h6,8-9H,5,7,13H2,1-4H3. The largest absolute Gasteiger partial charge is 0.330 e. The van der Waals surface area contributed by atoms with Crippen LogP contribution in [0.25, 0.3) is 0 Å². The number of rotatable bonds is 4. The van der Waals surface area contributed by atoms with Gasteiger partial charge >= 0.3 is 0 Å². The van der Waals surface area contributed by atoms with E-state index in [1.807, 2.05) is 6.92 Å². The summed E-state index contributed by atoms with van der Waals surface area (Å²) in [7, 11) is 0. The van der Waals surface area contributed by atoms with Crippen LogP contribution in [0.4, 0.5) is 0 Å². The predicted octanol–water partition coefficient (Wildman–Crippen LogP) is 2.05. The fraction of sp³-hybridized carbons (Fsp3) is 0.667. The highest BCUT2D eigenvalue weighted by Gasteiger charge is 2.09. The fourth-order valence-corrected chi connectivity index (χ4v) is 1.51. The van der Waals surface area contributed by atoms with E-state index in [0.717, 1.165) is 23.6 Å². The topological polar surface area (TPSA) is 51.8 Å². The molecular weight excluding hydrogens is 186 g/mol. The average Bonchev–Trinajstić information content (AvgIpc) is 2.14. The highest BCUT2D eigenvalue weighted by atomic mass is 14.9. The highest BCUT2D eigenvalue weighted by Crippen LogP contribution is 2.12. The Morgan fingerprint density at radius 3 is 2.47 bits per heavy atom. The summed E-state index contributed by atoms with van der Waals surface area (Å²) < 4.78 is 0. The monoisotopic (exact) mass is 207 g/mol. The summed E-state index contributed by atoms with van der Waals surface area (Å²) in [6.45, 7) is 9.07. The fourth-order valence-electron chi connectivity index (χ4n) is 1.51. The maximum absolute atomic E-state index is 5.63. The van der Waals surface area contributed by atoms with Crippen molar-refractivity contribution in [3.05, 3.63) is 23.3 Å². The lowest BCUT2D eigenvalue weighted by atomic mass is 10.1. The lowest BCUT2D eigenvalue weighted by Crippen LogP contribution is -2.14. The molecule has 1 rings (SSSR count). The zero-order valence-corrected chi connectivity index (χ0v) is 10.1. The zero-order valence-electron chi connectivity index (χ0n) is 10.1. The normalized spacial score (nSPS) is 13.2. The van der Waals surface area contributed by atoms with Crippen LogP contribution in [-0.2, 0) is 6.42 Å². The highest BCUT2D eigenvalue weighted by molar-refractivity contribution is 5.12. The molecule has 0 aliphatic heterocycles. The van der Waals surface area contributed by atoms with Gasteiger partial charge in [-0.2, -0.15) is 0 Å². The van der Waals surface area contributed by atoms with Crippen molar-refractivity contribution in [1.29, 1.82) is 0 Å². The van der Waals surface area contributed by atoms with Crippen molar-refractivity contribution in [1.82, 2.24) is 9.97 Å². The quantitative estimate of drug-likeness (QED) is 0.822. The van der Waals surface area contributed by atoms with Gasteiger partial charge < -0.3 is 5.73 Å². The Labute approximate surface area is 92.1 Å². The van der Waals surface area contributed by atoms with Crippen molar-refractivity contribution < 1.29 is 0 Å². The summed E-state index contributed by atoms with van der Waals surface area (Å²) in [5.41, 5.74) is 7.80. The van der Waals surface area contributed by atoms with Gasteiger partial charge in [-0.1, -0.05) is 20.8 Å². The van der Waals surface area contributed by atoms with Crippen LogP contribution in [0.2, 0.25) is 0 Å². The Balaban J connectivity index is 2.94. The summed E-state index contributed by atoms with van der Waals surface area (Å²) in [5, 5.41) is 0. The molecule has 1 heterocycles. The minimum Gasteiger partial charge on any atom is -0.330 e. The molecule has 1 atom stereocenters. The maximum atomic E-state index is 5.63. The number of aryl methyl sites for hydroxylation is 1. The first-order chi connectivity index (χ1) is 7.02. The van der Waals surface area contributed by atoms with Gasteiger partial charge in [0.2, 0.25) is 0 Å². The first-order valence-electron chi connectivity index (χ1n) is 5.57. The van der Waals surface area contributed by atoms with Crippen LogP contribution in [0.5, 0.6) is 0 Å². The van der Waals surface area contributed by atoms with E-state index in [1.54, 1.807) is 0 Å². The Bertz CT molecular complexity index is 321. The SMILES string of the molecule is Cc1cc(CC(C)C)nc(C(C)CN)n1. The van der Waals surface area contributed by atoms with Crippen molar-refractivity contribution in [2.24, 2.45) is 11.7 Å². The first kappa shape index (κ1) is 12.1. The number of nitrogens with two attached hydrogens (primary N) is 1. The van der Waals surface area contributed by atoms with E-state index >= 15 is 0 Å². The van der Waals surface area contributed by atoms with Gasteiger partial charge in [0.1, 0.15) is 5.82 Å². The van der Waals surface area contributed by atoms with Gasteiger partial charge in [0.15, 0.2) is 0 Å². The summed E-state index contributed by atoms with van der Waals surface area (Å²) in [6, 6.07) is 2.06. The van der Waals surface area contributed by atoms with Crippen LogP contribution >= 0.6 is 0 Å². The van der Waals surface area contributed by atoms with Gasteiger partial charge in [-0.05, 0) is 25.3 Å². The molecule has 0 fully saturated rings. The summed E-state index contributed by atoms with van der Waals surface area (Å²) in [4.78, 5) is 8.97. The van der Waals surface area contributed by atoms with E-state index in [4.69, 9.17) is 5.73 Å². The second kappa shape index (κ2) is 5.21. The lowest BCUT2D eigenvalue weighted by Gasteiger charge is -2.11. The first-order valence-corrected chi connectivity index (χ1v) is 5.57. The molecule has 0 aliphatic rings. The van der Waals surface area contributed by atoms with Crippen LogP contribution in [0.1, 0.15) is 43.9 Å². The molecule has 0 amide bonds. The Morgan fingerprint density at radius 1 is 1.27 bits per heavy atom. The predicted molar refractivity (Wildman–Crippen MR) is 62.8 cm³/mol. The second-order valence-electron chi connectivity index (χ2n) is 4.59. The van der Waals surface area contributed by atoms with Crippen molar-refractivity contribution in [3.8, 4) is 0 Å². The number of nitrogens with zero attached hydrogens (tertiary/aromatic N) is 2. The zero-order chi connectivity index (χ0) is 11.4. The summed E-state index contributed by atoms with van der Waals surface area (Å²) in [6.07, 6.45) is 1.01. The van der Waals surface area contributed by atoms with Gasteiger partial charge in [-0.15, -0.1) is 0 Å². The van der Waals surface area contributed by atoms with Gasteiger partial charge in [0.25, 0.3) is 0 Å². The molecule has 1 aromatic rings. The molecule has 3 heteroatoms. The molecule has 0 saturated heterocycles. The molecule has 0 bridgehead atoms. The molecule has 1 aromatic heterocycles. The van der Waals surface area contributed by atoms with Gasteiger partial charge in [-0.3, -0.25) is 0 Å². The van der Waals surface area contributed by atoms with E-state index < -0.39 is 0 Å².